The van der Waals surface area contributed by atoms with Crippen LogP contribution in [0.3, 0.4) is 0 Å². The van der Waals surface area contributed by atoms with Crippen LogP contribution in [0.2, 0.25) is 0 Å². The monoisotopic (exact) mass is 408 g/mol. The lowest BCUT2D eigenvalue weighted by molar-refractivity contribution is -0.384. The van der Waals surface area contributed by atoms with Crippen LogP contribution in [0.5, 0.6) is 11.5 Å². The van der Waals surface area contributed by atoms with Crippen molar-refractivity contribution in [2.24, 2.45) is 11.8 Å². The molecule has 0 saturated carbocycles. The highest BCUT2D eigenvalue weighted by atomic mass is 16.6. The van der Waals surface area contributed by atoms with Crippen molar-refractivity contribution in [3.63, 3.8) is 0 Å². The number of carbonyl (C=O) groups is 2. The number of hydrogen-bond acceptors (Lipinski definition) is 6. The molecule has 3 aliphatic heterocycles. The smallest absolute Gasteiger partial charge is 0.275 e. The van der Waals surface area contributed by atoms with Crippen LogP contribution >= 0.6 is 0 Å². The van der Waals surface area contributed by atoms with Gasteiger partial charge in [-0.15, -0.1) is 0 Å². The number of hydrogen-bond donors (Lipinski definition) is 0. The zero-order chi connectivity index (χ0) is 21.2. The topological polar surface area (TPSA) is 99.0 Å². The van der Waals surface area contributed by atoms with Gasteiger partial charge in [-0.1, -0.05) is 6.07 Å². The van der Waals surface area contributed by atoms with E-state index in [0.717, 1.165) is 28.9 Å². The molecule has 3 fully saturated rings. The van der Waals surface area contributed by atoms with Crippen molar-refractivity contribution in [2.45, 2.75) is 38.9 Å². The van der Waals surface area contributed by atoms with Crippen molar-refractivity contribution in [1.29, 1.82) is 0 Å². The minimum absolute atomic E-state index is 0.160. The molecule has 5 rings (SSSR count). The molecule has 0 aromatic heterocycles. The third-order valence-electron chi connectivity index (χ3n) is 6.06. The summed E-state index contributed by atoms with van der Waals surface area (Å²) in [5.74, 6) is -0.980. The van der Waals surface area contributed by atoms with Crippen LogP contribution in [0, 0.1) is 35.8 Å². The lowest BCUT2D eigenvalue weighted by Crippen LogP contribution is -2.34. The van der Waals surface area contributed by atoms with E-state index in [9.17, 15) is 19.7 Å². The summed E-state index contributed by atoms with van der Waals surface area (Å²) in [4.78, 5) is 38.1. The molecule has 30 heavy (non-hydrogen) atoms. The maximum atomic E-state index is 13.0. The Balaban J connectivity index is 1.53. The predicted octanol–water partition coefficient (Wildman–Crippen LogP) is 3.67. The minimum atomic E-state index is -0.559. The average Bonchev–Trinajstić information content (AvgIpc) is 3.34. The second kappa shape index (κ2) is 6.63. The fraction of sp³-hybridized carbons (Fsp3) is 0.364. The fourth-order valence-corrected chi connectivity index (χ4v) is 4.96. The third-order valence-corrected chi connectivity index (χ3v) is 6.06. The van der Waals surface area contributed by atoms with Gasteiger partial charge in [0.05, 0.1) is 40.7 Å². The molecule has 0 unspecified atom stereocenters. The molecule has 2 aromatic rings. The van der Waals surface area contributed by atoms with E-state index in [0.29, 0.717) is 5.75 Å². The van der Waals surface area contributed by atoms with Gasteiger partial charge in [0.2, 0.25) is 11.8 Å². The zero-order valence-electron chi connectivity index (χ0n) is 16.5. The number of benzene rings is 2. The van der Waals surface area contributed by atoms with E-state index >= 15 is 0 Å². The summed E-state index contributed by atoms with van der Waals surface area (Å²) in [6.07, 6.45) is 1.03. The number of aryl methyl sites for hydroxylation is 2. The molecule has 3 heterocycles. The molecule has 0 spiro atoms. The van der Waals surface area contributed by atoms with E-state index < -0.39 is 16.8 Å². The number of anilines is 1. The zero-order valence-corrected chi connectivity index (χ0v) is 16.5. The number of fused-ring (bicyclic) bond motifs is 5. The van der Waals surface area contributed by atoms with E-state index in [1.807, 2.05) is 32.0 Å². The quantitative estimate of drug-likeness (QED) is 0.435. The molecule has 4 atom stereocenters. The Morgan fingerprint density at radius 1 is 0.933 bits per heavy atom. The Labute approximate surface area is 172 Å². The number of rotatable bonds is 4. The molecule has 2 aromatic carbocycles. The second-order valence-electron chi connectivity index (χ2n) is 8.22. The van der Waals surface area contributed by atoms with E-state index in [4.69, 9.17) is 9.47 Å². The Kier molecular flexibility index (Phi) is 4.14. The Hall–Kier alpha value is -3.26. The number of carbonyl (C=O) groups excluding carboxylic acids is 2. The molecule has 2 bridgehead atoms. The lowest BCUT2D eigenvalue weighted by Gasteiger charge is -2.18. The number of imide groups is 1. The van der Waals surface area contributed by atoms with E-state index in [2.05, 4.69) is 0 Å². The lowest BCUT2D eigenvalue weighted by atomic mass is 9.81. The van der Waals surface area contributed by atoms with Crippen LogP contribution in [-0.2, 0) is 14.3 Å². The molecule has 154 valence electrons. The van der Waals surface area contributed by atoms with Crippen molar-refractivity contribution >= 4 is 23.2 Å². The van der Waals surface area contributed by atoms with Gasteiger partial charge in [0.15, 0.2) is 0 Å². The van der Waals surface area contributed by atoms with Crippen LogP contribution in [-0.4, -0.2) is 28.9 Å². The summed E-state index contributed by atoms with van der Waals surface area (Å²) in [5.41, 5.74) is 1.89. The minimum Gasteiger partial charge on any atom is -0.457 e. The fourth-order valence-electron chi connectivity index (χ4n) is 4.96. The number of non-ortho nitro benzene ring substituents is 1. The first kappa shape index (κ1) is 18.7. The summed E-state index contributed by atoms with van der Waals surface area (Å²) >= 11 is 0. The van der Waals surface area contributed by atoms with Gasteiger partial charge in [-0.2, -0.15) is 0 Å². The number of nitro benzene ring substituents is 1. The summed E-state index contributed by atoms with van der Waals surface area (Å²) in [6, 6.07) is 9.66. The molecule has 0 radical (unpaired) electrons. The second-order valence-corrected chi connectivity index (χ2v) is 8.22. The van der Waals surface area contributed by atoms with Crippen LogP contribution in [0.15, 0.2) is 36.4 Å². The number of ether oxygens (including phenoxy) is 2. The highest BCUT2D eigenvalue weighted by molar-refractivity contribution is 6.23. The third kappa shape index (κ3) is 2.87. The van der Waals surface area contributed by atoms with E-state index in [-0.39, 0.29) is 41.1 Å². The standard InChI is InChI=1S/C22H20N2O6/c1-11-5-12(2)7-15(6-11)29-16-9-13(8-14(10-16)24(27)28)23-21(25)19-17-3-4-18(30-17)20(19)22(23)26/h5-10,17-20H,3-4H2,1-2H3/t17-,18-,19-,20+/m0/s1. The molecule has 3 aliphatic rings. The average molecular weight is 408 g/mol. The Morgan fingerprint density at radius 3 is 2.07 bits per heavy atom. The first-order chi connectivity index (χ1) is 14.3. The normalized spacial score (nSPS) is 26.9. The van der Waals surface area contributed by atoms with Gasteiger partial charge in [0, 0.05) is 12.1 Å². The number of amides is 2. The van der Waals surface area contributed by atoms with Crippen LogP contribution < -0.4 is 9.64 Å². The maximum Gasteiger partial charge on any atom is 0.275 e. The van der Waals surface area contributed by atoms with Crippen molar-refractivity contribution in [3.8, 4) is 11.5 Å². The predicted molar refractivity (Wildman–Crippen MR) is 106 cm³/mol. The first-order valence-corrected chi connectivity index (χ1v) is 9.91. The van der Waals surface area contributed by atoms with Crippen molar-refractivity contribution in [2.75, 3.05) is 4.90 Å². The molecule has 2 amide bonds. The molecule has 3 saturated heterocycles. The Bertz CT molecular complexity index is 1050. The van der Waals surface area contributed by atoms with Crippen LogP contribution in [0.25, 0.3) is 0 Å². The van der Waals surface area contributed by atoms with E-state index in [1.54, 1.807) is 0 Å². The summed E-state index contributed by atoms with van der Waals surface area (Å²) in [6.45, 7) is 3.85. The van der Waals surface area contributed by atoms with Gasteiger partial charge in [0.1, 0.15) is 11.5 Å². The molecule has 0 N–H and O–H groups in total. The van der Waals surface area contributed by atoms with Crippen molar-refractivity contribution < 1.29 is 24.0 Å². The molecular weight excluding hydrogens is 388 g/mol. The largest absolute Gasteiger partial charge is 0.457 e. The van der Waals surface area contributed by atoms with Crippen LogP contribution in [0.4, 0.5) is 11.4 Å². The first-order valence-electron chi connectivity index (χ1n) is 9.91. The molecule has 8 heteroatoms. The molecule has 8 nitrogen and oxygen atoms in total. The Morgan fingerprint density at radius 2 is 1.50 bits per heavy atom. The van der Waals surface area contributed by atoms with Crippen molar-refractivity contribution in [3.05, 3.63) is 57.6 Å². The summed E-state index contributed by atoms with van der Waals surface area (Å²) < 4.78 is 11.6. The van der Waals surface area contributed by atoms with Gasteiger partial charge < -0.3 is 9.47 Å². The number of nitrogens with zero attached hydrogens (tertiary/aromatic N) is 2. The summed E-state index contributed by atoms with van der Waals surface area (Å²) in [5, 5.41) is 11.5. The highest BCUT2D eigenvalue weighted by Gasteiger charge is 2.62. The van der Waals surface area contributed by atoms with E-state index in [1.165, 1.54) is 18.2 Å². The molecule has 0 aliphatic carbocycles. The molecular formula is C22H20N2O6. The van der Waals surface area contributed by atoms with Crippen molar-refractivity contribution in [1.82, 2.24) is 0 Å². The summed E-state index contributed by atoms with van der Waals surface area (Å²) in [7, 11) is 0. The van der Waals surface area contributed by atoms with Gasteiger partial charge in [-0.05, 0) is 49.9 Å². The SMILES string of the molecule is Cc1cc(C)cc(Oc2cc(N3C(=O)[C@@H]4[C@H](C3=O)[C@@H]3CC[C@@H]4O3)cc([N+](=O)[O-])c2)c1. The van der Waals surface area contributed by atoms with Gasteiger partial charge in [-0.3, -0.25) is 19.7 Å². The highest BCUT2D eigenvalue weighted by Crippen LogP contribution is 2.50. The van der Waals surface area contributed by atoms with Gasteiger partial charge >= 0.3 is 0 Å². The van der Waals surface area contributed by atoms with Gasteiger partial charge in [0.25, 0.3) is 5.69 Å². The van der Waals surface area contributed by atoms with Gasteiger partial charge in [-0.25, -0.2) is 4.90 Å². The maximum absolute atomic E-state index is 13.0. The van der Waals surface area contributed by atoms with Crippen LogP contribution in [0.1, 0.15) is 24.0 Å². The number of nitro groups is 1.